The maximum absolute atomic E-state index is 10.7. The highest BCUT2D eigenvalue weighted by Gasteiger charge is 2.13. The van der Waals surface area contributed by atoms with Crippen molar-refractivity contribution in [2.45, 2.75) is 20.8 Å². The van der Waals surface area contributed by atoms with Gasteiger partial charge in [0.05, 0.1) is 9.85 Å². The molecule has 0 aliphatic rings. The fourth-order valence-corrected chi connectivity index (χ4v) is 4.51. The third-order valence-electron chi connectivity index (χ3n) is 5.82. The predicted molar refractivity (Wildman–Crippen MR) is 173 cm³/mol. The molecule has 19 nitrogen and oxygen atoms in total. The minimum Gasteiger partial charge on any atom is -0.399 e. The van der Waals surface area contributed by atoms with Crippen molar-refractivity contribution < 1.29 is 9.85 Å². The lowest BCUT2D eigenvalue weighted by molar-refractivity contribution is -0.385. The molecule has 3 heterocycles. The van der Waals surface area contributed by atoms with E-state index in [9.17, 15) is 20.2 Å². The lowest BCUT2D eigenvalue weighted by Gasteiger charge is -2.02. The predicted octanol–water partition coefficient (Wildman–Crippen LogP) is 3.74. The normalized spacial score (nSPS) is 10.0. The van der Waals surface area contributed by atoms with Crippen LogP contribution in [-0.2, 0) is 21.1 Å². The van der Waals surface area contributed by atoms with Gasteiger partial charge in [0.25, 0.3) is 11.4 Å². The van der Waals surface area contributed by atoms with Gasteiger partial charge in [-0.15, -0.1) is 15.3 Å². The van der Waals surface area contributed by atoms with E-state index in [1.807, 2.05) is 38.1 Å². The van der Waals surface area contributed by atoms with Crippen LogP contribution in [0, 0.1) is 41.0 Å². The number of tetrazole rings is 3. The van der Waals surface area contributed by atoms with E-state index in [0.717, 1.165) is 38.2 Å². The first-order chi connectivity index (χ1) is 22.2. The van der Waals surface area contributed by atoms with E-state index < -0.39 is 9.85 Å². The standard InChI is InChI=1S/C9H9N5O2.C9H11N5.C7H6BrNO2.C2H4N4/c1-6-3-7(5-8(4-6)14(15)16)9-10-11-12-13(9)2;1-6-3-7(5-8(10)4-6)9-11-12-13-14(9)2;1-5-2-6(8)4-7(3-5)9(10)11;1-6-2-3-4-5-6/h3-5H,1-2H3;3-5H,10H2,1-2H3;2-4H,1H3;2H,1H3. The summed E-state index contributed by atoms with van der Waals surface area (Å²) < 4.78 is 5.36. The van der Waals surface area contributed by atoms with Gasteiger partial charge in [-0.2, -0.15) is 0 Å². The Kier molecular flexibility index (Phi) is 12.3. The minimum atomic E-state index is -0.430. The summed E-state index contributed by atoms with van der Waals surface area (Å²) in [6.45, 7) is 5.60. The Morgan fingerprint density at radius 3 is 1.53 bits per heavy atom. The molecule has 6 rings (SSSR count). The molecule has 0 saturated heterocycles. The molecule has 3 aromatic carbocycles. The third-order valence-corrected chi connectivity index (χ3v) is 6.28. The molecule has 0 bridgehead atoms. The van der Waals surface area contributed by atoms with Crippen LogP contribution in [0.2, 0.25) is 0 Å². The number of benzene rings is 3. The summed E-state index contributed by atoms with van der Waals surface area (Å²) in [6, 6.07) is 15.4. The summed E-state index contributed by atoms with van der Waals surface area (Å²) in [7, 11) is 5.25. The van der Waals surface area contributed by atoms with Crippen molar-refractivity contribution in [1.82, 2.24) is 60.6 Å². The van der Waals surface area contributed by atoms with E-state index in [4.69, 9.17) is 5.73 Å². The van der Waals surface area contributed by atoms with E-state index in [-0.39, 0.29) is 11.4 Å². The Bertz CT molecular complexity index is 1920. The van der Waals surface area contributed by atoms with Crippen LogP contribution in [0.1, 0.15) is 16.7 Å². The molecule has 2 N–H and O–H groups in total. The monoisotopic (exact) mass is 707 g/mol. The molecule has 0 spiro atoms. The van der Waals surface area contributed by atoms with Gasteiger partial charge < -0.3 is 5.73 Å². The van der Waals surface area contributed by atoms with E-state index in [2.05, 4.69) is 62.5 Å². The number of nitrogens with zero attached hydrogens (tertiary/aromatic N) is 14. The molecule has 0 amide bonds. The zero-order valence-corrected chi connectivity index (χ0v) is 27.7. The first-order valence-corrected chi connectivity index (χ1v) is 14.2. The lowest BCUT2D eigenvalue weighted by Crippen LogP contribution is -1.96. The maximum atomic E-state index is 10.7. The van der Waals surface area contributed by atoms with E-state index in [1.54, 1.807) is 38.8 Å². The van der Waals surface area contributed by atoms with Crippen LogP contribution < -0.4 is 5.73 Å². The molecular formula is C27H30BrN15O4. The first kappa shape index (κ1) is 35.4. The smallest absolute Gasteiger partial charge is 0.270 e. The summed E-state index contributed by atoms with van der Waals surface area (Å²) in [5.74, 6) is 1.23. The van der Waals surface area contributed by atoms with Crippen molar-refractivity contribution in [2.24, 2.45) is 21.1 Å². The van der Waals surface area contributed by atoms with E-state index in [0.29, 0.717) is 11.4 Å². The highest BCUT2D eigenvalue weighted by atomic mass is 79.9. The molecule has 244 valence electrons. The second kappa shape index (κ2) is 16.3. The van der Waals surface area contributed by atoms with Crippen LogP contribution in [0.25, 0.3) is 22.8 Å². The fourth-order valence-electron chi connectivity index (χ4n) is 3.92. The average molecular weight is 709 g/mol. The Balaban J connectivity index is 0.000000178. The largest absolute Gasteiger partial charge is 0.399 e. The van der Waals surface area contributed by atoms with Gasteiger partial charge >= 0.3 is 0 Å². The second-order valence-corrected chi connectivity index (χ2v) is 10.8. The Labute approximate surface area is 275 Å². The number of aromatic nitrogens is 12. The summed E-state index contributed by atoms with van der Waals surface area (Å²) in [6.07, 6.45) is 1.53. The van der Waals surface area contributed by atoms with Crippen LogP contribution in [0.15, 0.2) is 65.4 Å². The Hall–Kier alpha value is -6.05. The highest BCUT2D eigenvalue weighted by molar-refractivity contribution is 9.10. The molecule has 0 aliphatic carbocycles. The number of non-ortho nitro benzene ring substituents is 2. The van der Waals surface area contributed by atoms with Gasteiger partial charge in [0.2, 0.25) is 0 Å². The topological polar surface area (TPSA) is 243 Å². The number of nitrogens with two attached hydrogens (primary N) is 1. The molecule has 3 aromatic heterocycles. The number of nitrogen functional groups attached to an aromatic ring is 1. The number of nitro benzene ring substituents is 2. The molecule has 20 heteroatoms. The highest BCUT2D eigenvalue weighted by Crippen LogP contribution is 2.24. The number of hydrogen-bond acceptors (Lipinski definition) is 14. The number of hydrogen-bond donors (Lipinski definition) is 1. The van der Waals surface area contributed by atoms with Gasteiger partial charge in [0.1, 0.15) is 6.33 Å². The van der Waals surface area contributed by atoms with Gasteiger partial charge in [-0.05, 0) is 99.1 Å². The van der Waals surface area contributed by atoms with Crippen molar-refractivity contribution in [3.63, 3.8) is 0 Å². The van der Waals surface area contributed by atoms with Gasteiger partial charge in [-0.3, -0.25) is 20.2 Å². The number of aryl methyl sites for hydroxylation is 6. The number of halogens is 1. The lowest BCUT2D eigenvalue weighted by atomic mass is 10.1. The van der Waals surface area contributed by atoms with E-state index >= 15 is 0 Å². The van der Waals surface area contributed by atoms with Gasteiger partial charge in [0.15, 0.2) is 11.6 Å². The SMILES string of the molecule is Cc1cc(-c2nnnn2C)cc([N+](=O)[O-])c1.Cc1cc(Br)cc([N+](=O)[O-])c1.Cc1cc(N)cc(-c2nnnn2C)c1.Cn1cnnn1. The molecule has 0 fully saturated rings. The second-order valence-electron chi connectivity index (χ2n) is 9.93. The fraction of sp³-hybridized carbons (Fsp3) is 0.222. The maximum Gasteiger partial charge on any atom is 0.270 e. The molecular weight excluding hydrogens is 678 g/mol. The molecule has 6 aromatic rings. The zero-order valence-electron chi connectivity index (χ0n) is 26.1. The third kappa shape index (κ3) is 10.8. The summed E-state index contributed by atoms with van der Waals surface area (Å²) in [5, 5.41) is 53.4. The van der Waals surface area contributed by atoms with E-state index in [1.165, 1.54) is 40.0 Å². The molecule has 0 saturated carbocycles. The van der Waals surface area contributed by atoms with Crippen LogP contribution >= 0.6 is 15.9 Å². The zero-order chi connectivity index (χ0) is 34.7. The van der Waals surface area contributed by atoms with Crippen molar-refractivity contribution in [2.75, 3.05) is 5.73 Å². The van der Waals surface area contributed by atoms with Crippen LogP contribution in [0.3, 0.4) is 0 Å². The minimum absolute atomic E-state index is 0.0398. The van der Waals surface area contributed by atoms with Crippen molar-refractivity contribution in [3.8, 4) is 22.8 Å². The van der Waals surface area contributed by atoms with Gasteiger partial charge in [-0.1, -0.05) is 15.9 Å². The van der Waals surface area contributed by atoms with Crippen LogP contribution in [0.4, 0.5) is 17.1 Å². The molecule has 0 unspecified atom stereocenters. The van der Waals surface area contributed by atoms with Crippen LogP contribution in [0.5, 0.6) is 0 Å². The van der Waals surface area contributed by atoms with Crippen molar-refractivity contribution in [3.05, 3.63) is 102 Å². The summed E-state index contributed by atoms with van der Waals surface area (Å²) in [5.41, 5.74) is 11.0. The summed E-state index contributed by atoms with van der Waals surface area (Å²) in [4.78, 5) is 20.2. The van der Waals surface area contributed by atoms with Crippen molar-refractivity contribution >= 4 is 33.0 Å². The van der Waals surface area contributed by atoms with Crippen LogP contribution in [-0.4, -0.2) is 70.5 Å². The first-order valence-electron chi connectivity index (χ1n) is 13.4. The Morgan fingerprint density at radius 2 is 1.15 bits per heavy atom. The Morgan fingerprint density at radius 1 is 0.660 bits per heavy atom. The number of rotatable bonds is 4. The van der Waals surface area contributed by atoms with Crippen molar-refractivity contribution in [1.29, 1.82) is 0 Å². The number of nitro groups is 2. The van der Waals surface area contributed by atoms with Gasteiger partial charge in [0, 0.05) is 66.7 Å². The molecule has 47 heavy (non-hydrogen) atoms. The molecule has 0 radical (unpaired) electrons. The van der Waals surface area contributed by atoms with Gasteiger partial charge in [-0.25, -0.2) is 14.0 Å². The average Bonchev–Trinajstić information content (AvgIpc) is 3.75. The summed E-state index contributed by atoms with van der Waals surface area (Å²) >= 11 is 3.18. The quantitative estimate of drug-likeness (QED) is 0.156. The molecule has 0 aliphatic heterocycles. The molecule has 0 atom stereocenters. The number of anilines is 1.